The van der Waals surface area contributed by atoms with Gasteiger partial charge in [-0.3, -0.25) is 4.98 Å². The molecule has 6 rings (SSSR count). The van der Waals surface area contributed by atoms with E-state index in [1.807, 2.05) is 24.5 Å². The fraction of sp³-hybridized carbons (Fsp3) is 0.318. The first-order chi connectivity index (χ1) is 12.8. The number of rotatable bonds is 3. The van der Waals surface area contributed by atoms with Gasteiger partial charge in [0, 0.05) is 42.3 Å². The van der Waals surface area contributed by atoms with Crippen molar-refractivity contribution in [1.29, 1.82) is 0 Å². The predicted molar refractivity (Wildman–Crippen MR) is 101 cm³/mol. The van der Waals surface area contributed by atoms with Crippen LogP contribution in [0.25, 0.3) is 22.4 Å². The summed E-state index contributed by atoms with van der Waals surface area (Å²) in [5.41, 5.74) is 4.60. The Morgan fingerprint density at radius 1 is 0.885 bits per heavy atom. The van der Waals surface area contributed by atoms with Crippen LogP contribution in [-0.2, 0) is 0 Å². The first-order valence-electron chi connectivity index (χ1n) is 9.39. The Hall–Kier alpha value is -2.46. The number of benzene rings is 1. The Morgan fingerprint density at radius 3 is 2.27 bits per heavy atom. The Balaban J connectivity index is 1.65. The van der Waals surface area contributed by atoms with E-state index in [4.69, 9.17) is 0 Å². The smallest absolute Gasteiger partial charge is 0.123 e. The summed E-state index contributed by atoms with van der Waals surface area (Å²) in [4.78, 5) is 6.76. The van der Waals surface area contributed by atoms with E-state index in [0.717, 1.165) is 23.6 Å². The first-order valence-corrected chi connectivity index (χ1v) is 9.39. The number of piperidine rings is 3. The van der Waals surface area contributed by atoms with E-state index in [0.29, 0.717) is 6.04 Å². The molecule has 1 aromatic carbocycles. The van der Waals surface area contributed by atoms with Gasteiger partial charge < -0.3 is 9.47 Å². The molecule has 0 amide bonds. The molecule has 132 valence electrons. The molecule has 2 aromatic heterocycles. The molecule has 1 unspecified atom stereocenters. The molecule has 3 aromatic rings. The van der Waals surface area contributed by atoms with E-state index in [1.54, 1.807) is 0 Å². The molecular weight excluding hydrogens is 325 g/mol. The van der Waals surface area contributed by atoms with Crippen LogP contribution < -0.4 is 0 Å². The normalized spacial score (nSPS) is 24.7. The number of nitrogens with zero attached hydrogens (tertiary/aromatic N) is 3. The summed E-state index contributed by atoms with van der Waals surface area (Å²) in [5.74, 6) is 0.546. The molecule has 3 saturated heterocycles. The van der Waals surface area contributed by atoms with Crippen molar-refractivity contribution in [2.24, 2.45) is 5.92 Å². The van der Waals surface area contributed by atoms with Crippen molar-refractivity contribution in [2.75, 3.05) is 19.6 Å². The molecule has 3 nitrogen and oxygen atoms in total. The van der Waals surface area contributed by atoms with Crippen LogP contribution >= 0.6 is 0 Å². The van der Waals surface area contributed by atoms with Crippen molar-refractivity contribution in [3.05, 3.63) is 66.9 Å². The Morgan fingerprint density at radius 2 is 1.62 bits per heavy atom. The van der Waals surface area contributed by atoms with Crippen LogP contribution in [0.5, 0.6) is 0 Å². The molecule has 0 radical (unpaired) electrons. The standard InChI is InChI=1S/C22H22FN3/c23-19-3-1-16(2-4-19)20-9-14-26(22(20)18-5-10-24-11-6-18)21-15-25-12-7-17(21)8-13-25/h1-6,9-11,14,17,21H,7-8,12-13,15H2. The van der Waals surface area contributed by atoms with Gasteiger partial charge in [0.15, 0.2) is 0 Å². The number of aromatic nitrogens is 2. The second kappa shape index (κ2) is 6.36. The lowest BCUT2D eigenvalue weighted by molar-refractivity contribution is 0.0579. The van der Waals surface area contributed by atoms with Gasteiger partial charge in [-0.1, -0.05) is 12.1 Å². The Labute approximate surface area is 153 Å². The maximum Gasteiger partial charge on any atom is 0.123 e. The van der Waals surface area contributed by atoms with Gasteiger partial charge >= 0.3 is 0 Å². The SMILES string of the molecule is Fc1ccc(-c2ccn(C3CN4CCC3CC4)c2-c2ccncc2)cc1. The van der Waals surface area contributed by atoms with E-state index in [2.05, 4.69) is 38.8 Å². The summed E-state index contributed by atoms with van der Waals surface area (Å²) in [6.45, 7) is 3.59. The zero-order valence-corrected chi connectivity index (χ0v) is 14.7. The molecule has 0 saturated carbocycles. The zero-order valence-electron chi connectivity index (χ0n) is 14.7. The van der Waals surface area contributed by atoms with Crippen LogP contribution in [0.4, 0.5) is 4.39 Å². The van der Waals surface area contributed by atoms with Gasteiger partial charge in [0.1, 0.15) is 5.82 Å². The summed E-state index contributed by atoms with van der Waals surface area (Å²) < 4.78 is 15.9. The highest BCUT2D eigenvalue weighted by atomic mass is 19.1. The third-order valence-electron chi connectivity index (χ3n) is 6.00. The van der Waals surface area contributed by atoms with Crippen molar-refractivity contribution in [3.8, 4) is 22.4 Å². The molecule has 1 atom stereocenters. The van der Waals surface area contributed by atoms with Crippen LogP contribution in [0, 0.1) is 11.7 Å². The van der Waals surface area contributed by atoms with Gasteiger partial charge in [-0.15, -0.1) is 0 Å². The lowest BCUT2D eigenvalue weighted by Gasteiger charge is -2.46. The van der Waals surface area contributed by atoms with Gasteiger partial charge in [0.25, 0.3) is 0 Å². The van der Waals surface area contributed by atoms with Gasteiger partial charge in [-0.25, -0.2) is 4.39 Å². The molecule has 3 aliphatic rings. The highest BCUT2D eigenvalue weighted by molar-refractivity contribution is 5.81. The van der Waals surface area contributed by atoms with E-state index >= 15 is 0 Å². The average Bonchev–Trinajstić information content (AvgIpc) is 3.15. The number of hydrogen-bond donors (Lipinski definition) is 0. The highest BCUT2D eigenvalue weighted by Crippen LogP contribution is 2.41. The largest absolute Gasteiger partial charge is 0.342 e. The maximum absolute atomic E-state index is 13.4. The molecule has 3 aliphatic heterocycles. The molecule has 3 fully saturated rings. The minimum absolute atomic E-state index is 0.198. The number of fused-ring (bicyclic) bond motifs is 3. The zero-order chi connectivity index (χ0) is 17.5. The van der Waals surface area contributed by atoms with Gasteiger partial charge in [0.2, 0.25) is 0 Å². The number of hydrogen-bond acceptors (Lipinski definition) is 2. The van der Waals surface area contributed by atoms with E-state index < -0.39 is 0 Å². The Kier molecular flexibility index (Phi) is 3.86. The van der Waals surface area contributed by atoms with Crippen molar-refractivity contribution in [2.45, 2.75) is 18.9 Å². The molecule has 0 spiro atoms. The summed E-state index contributed by atoms with van der Waals surface area (Å²) in [7, 11) is 0. The monoisotopic (exact) mass is 347 g/mol. The predicted octanol–water partition coefficient (Wildman–Crippen LogP) is 4.62. The second-order valence-electron chi connectivity index (χ2n) is 7.43. The average molecular weight is 347 g/mol. The third kappa shape index (κ3) is 2.65. The van der Waals surface area contributed by atoms with E-state index in [9.17, 15) is 4.39 Å². The highest BCUT2D eigenvalue weighted by Gasteiger charge is 2.36. The van der Waals surface area contributed by atoms with Crippen molar-refractivity contribution in [1.82, 2.24) is 14.5 Å². The molecule has 0 aliphatic carbocycles. The van der Waals surface area contributed by atoms with Crippen LogP contribution in [0.15, 0.2) is 61.1 Å². The number of pyridine rings is 1. The maximum atomic E-state index is 13.4. The molecule has 4 heteroatoms. The fourth-order valence-electron chi connectivity index (χ4n) is 4.65. The molecule has 0 N–H and O–H groups in total. The lowest BCUT2D eigenvalue weighted by atomic mass is 9.83. The topological polar surface area (TPSA) is 21.1 Å². The number of halogens is 1. The molecular formula is C22H22FN3. The summed E-state index contributed by atoms with van der Waals surface area (Å²) in [6, 6.07) is 13.7. The van der Waals surface area contributed by atoms with Gasteiger partial charge in [0.05, 0.1) is 5.69 Å². The van der Waals surface area contributed by atoms with Crippen LogP contribution in [-0.4, -0.2) is 34.1 Å². The Bertz CT molecular complexity index is 893. The quantitative estimate of drug-likeness (QED) is 0.689. The van der Waals surface area contributed by atoms with Crippen LogP contribution in [0.1, 0.15) is 18.9 Å². The van der Waals surface area contributed by atoms with E-state index in [-0.39, 0.29) is 5.82 Å². The van der Waals surface area contributed by atoms with Gasteiger partial charge in [-0.05, 0) is 67.7 Å². The fourth-order valence-corrected chi connectivity index (χ4v) is 4.65. The second-order valence-corrected chi connectivity index (χ2v) is 7.43. The van der Waals surface area contributed by atoms with Crippen molar-refractivity contribution in [3.63, 3.8) is 0 Å². The van der Waals surface area contributed by atoms with Crippen LogP contribution in [0.3, 0.4) is 0 Å². The third-order valence-corrected chi connectivity index (χ3v) is 6.00. The van der Waals surface area contributed by atoms with Crippen molar-refractivity contribution >= 4 is 0 Å². The minimum Gasteiger partial charge on any atom is -0.342 e. The molecule has 2 bridgehead atoms. The minimum atomic E-state index is -0.198. The summed E-state index contributed by atoms with van der Waals surface area (Å²) >= 11 is 0. The summed E-state index contributed by atoms with van der Waals surface area (Å²) in [5, 5.41) is 0. The first kappa shape index (κ1) is 15.8. The van der Waals surface area contributed by atoms with Crippen LogP contribution in [0.2, 0.25) is 0 Å². The molecule has 5 heterocycles. The molecule has 26 heavy (non-hydrogen) atoms. The van der Waals surface area contributed by atoms with E-state index in [1.165, 1.54) is 49.3 Å². The summed E-state index contributed by atoms with van der Waals surface area (Å²) in [6.07, 6.45) is 8.48. The lowest BCUT2D eigenvalue weighted by Crippen LogP contribution is -2.48. The van der Waals surface area contributed by atoms with Crippen molar-refractivity contribution < 1.29 is 4.39 Å². The van der Waals surface area contributed by atoms with Gasteiger partial charge in [-0.2, -0.15) is 0 Å².